The van der Waals surface area contributed by atoms with Gasteiger partial charge in [-0.05, 0) is 37.1 Å². The van der Waals surface area contributed by atoms with Crippen molar-refractivity contribution in [3.05, 3.63) is 39.8 Å². The van der Waals surface area contributed by atoms with Crippen molar-refractivity contribution in [2.75, 3.05) is 10.0 Å². The SMILES string of the molecule is O=C(Cc1csc(NS(=O)(=O)C2CC2)n1)Nc1ccc(Br)cc1. The van der Waals surface area contributed by atoms with Crippen LogP contribution in [0, 0.1) is 0 Å². The van der Waals surface area contributed by atoms with Crippen LogP contribution in [-0.4, -0.2) is 24.6 Å². The van der Waals surface area contributed by atoms with Gasteiger partial charge in [0, 0.05) is 15.5 Å². The maximum Gasteiger partial charge on any atom is 0.237 e. The second-order valence-electron chi connectivity index (χ2n) is 5.22. The van der Waals surface area contributed by atoms with Gasteiger partial charge in [-0.3, -0.25) is 9.52 Å². The lowest BCUT2D eigenvalue weighted by atomic mass is 10.3. The molecule has 0 spiro atoms. The van der Waals surface area contributed by atoms with Gasteiger partial charge in [-0.1, -0.05) is 15.9 Å². The minimum absolute atomic E-state index is 0.0950. The molecular weight excluding hydrogens is 402 g/mol. The number of nitrogens with zero attached hydrogens (tertiary/aromatic N) is 1. The molecule has 0 atom stereocenters. The van der Waals surface area contributed by atoms with Crippen molar-refractivity contribution in [1.29, 1.82) is 0 Å². The van der Waals surface area contributed by atoms with E-state index in [0.717, 1.165) is 4.47 Å². The van der Waals surface area contributed by atoms with Crippen molar-refractivity contribution < 1.29 is 13.2 Å². The van der Waals surface area contributed by atoms with Gasteiger partial charge in [-0.25, -0.2) is 13.4 Å². The van der Waals surface area contributed by atoms with Crippen molar-refractivity contribution in [3.63, 3.8) is 0 Å². The fourth-order valence-electron chi connectivity index (χ4n) is 1.92. The average Bonchev–Trinajstić information content (AvgIpc) is 3.26. The normalized spacial score (nSPS) is 14.5. The molecule has 1 heterocycles. The number of benzene rings is 1. The van der Waals surface area contributed by atoms with Crippen molar-refractivity contribution in [2.24, 2.45) is 0 Å². The largest absolute Gasteiger partial charge is 0.326 e. The lowest BCUT2D eigenvalue weighted by molar-refractivity contribution is -0.115. The Bertz CT molecular complexity index is 814. The van der Waals surface area contributed by atoms with Crippen LogP contribution in [0.25, 0.3) is 0 Å². The monoisotopic (exact) mass is 415 g/mol. The molecule has 1 saturated carbocycles. The Labute approximate surface area is 146 Å². The highest BCUT2D eigenvalue weighted by atomic mass is 79.9. The first kappa shape index (κ1) is 16.4. The molecule has 0 aliphatic heterocycles. The Hall–Kier alpha value is -1.45. The first-order valence-corrected chi connectivity index (χ1v) is 10.2. The Morgan fingerprint density at radius 2 is 2.00 bits per heavy atom. The number of amides is 1. The second kappa shape index (κ2) is 6.58. The number of sulfonamides is 1. The molecule has 0 unspecified atom stereocenters. The molecule has 23 heavy (non-hydrogen) atoms. The van der Waals surface area contributed by atoms with Gasteiger partial charge < -0.3 is 5.32 Å². The number of hydrogen-bond donors (Lipinski definition) is 2. The second-order valence-corrected chi connectivity index (χ2v) is 8.96. The predicted molar refractivity (Wildman–Crippen MR) is 94.2 cm³/mol. The molecule has 1 aliphatic carbocycles. The molecule has 122 valence electrons. The molecule has 2 N–H and O–H groups in total. The van der Waals surface area contributed by atoms with Gasteiger partial charge in [0.1, 0.15) is 0 Å². The van der Waals surface area contributed by atoms with Crippen molar-refractivity contribution >= 4 is 54.0 Å². The fourth-order valence-corrected chi connectivity index (χ4v) is 4.49. The molecule has 2 aromatic rings. The number of rotatable bonds is 6. The molecule has 1 aromatic carbocycles. The van der Waals surface area contributed by atoms with Gasteiger partial charge in [-0.15, -0.1) is 11.3 Å². The number of anilines is 2. The summed E-state index contributed by atoms with van der Waals surface area (Å²) in [6.07, 6.45) is 1.49. The lowest BCUT2D eigenvalue weighted by Gasteiger charge is -2.04. The zero-order valence-corrected chi connectivity index (χ0v) is 15.2. The topological polar surface area (TPSA) is 88.2 Å². The summed E-state index contributed by atoms with van der Waals surface area (Å²) in [5, 5.41) is 4.47. The van der Waals surface area contributed by atoms with E-state index in [-0.39, 0.29) is 17.6 Å². The van der Waals surface area contributed by atoms with Crippen LogP contribution in [0.4, 0.5) is 10.8 Å². The maximum atomic E-state index is 12.0. The minimum Gasteiger partial charge on any atom is -0.326 e. The quantitative estimate of drug-likeness (QED) is 0.758. The first-order chi connectivity index (χ1) is 10.9. The van der Waals surface area contributed by atoms with Crippen LogP contribution in [0.2, 0.25) is 0 Å². The van der Waals surface area contributed by atoms with Crippen LogP contribution in [0.1, 0.15) is 18.5 Å². The number of carbonyl (C=O) groups is 1. The molecule has 1 aromatic heterocycles. The number of aromatic nitrogens is 1. The summed E-state index contributed by atoms with van der Waals surface area (Å²) in [6.45, 7) is 0. The lowest BCUT2D eigenvalue weighted by Crippen LogP contribution is -2.17. The Morgan fingerprint density at radius 3 is 2.65 bits per heavy atom. The van der Waals surface area contributed by atoms with Gasteiger partial charge in [-0.2, -0.15) is 0 Å². The third-order valence-electron chi connectivity index (χ3n) is 3.21. The van der Waals surface area contributed by atoms with Gasteiger partial charge in [0.15, 0.2) is 5.13 Å². The Balaban J connectivity index is 1.58. The summed E-state index contributed by atoms with van der Waals surface area (Å²) in [6, 6.07) is 7.25. The molecule has 1 aliphatic rings. The molecule has 6 nitrogen and oxygen atoms in total. The van der Waals surface area contributed by atoms with Gasteiger partial charge >= 0.3 is 0 Å². The minimum atomic E-state index is -3.31. The molecule has 3 rings (SSSR count). The van der Waals surface area contributed by atoms with Crippen LogP contribution in [0.15, 0.2) is 34.1 Å². The maximum absolute atomic E-state index is 12.0. The Morgan fingerprint density at radius 1 is 1.30 bits per heavy atom. The summed E-state index contributed by atoms with van der Waals surface area (Å²) in [5.41, 5.74) is 1.24. The number of thiazole rings is 1. The smallest absolute Gasteiger partial charge is 0.237 e. The van der Waals surface area contributed by atoms with E-state index in [1.54, 1.807) is 17.5 Å². The summed E-state index contributed by atoms with van der Waals surface area (Å²) >= 11 is 4.51. The predicted octanol–water partition coefficient (Wildman–Crippen LogP) is 2.99. The molecular formula is C14H14BrN3O3S2. The van der Waals surface area contributed by atoms with E-state index in [0.29, 0.717) is 29.4 Å². The first-order valence-electron chi connectivity index (χ1n) is 6.94. The average molecular weight is 416 g/mol. The van der Waals surface area contributed by atoms with Crippen LogP contribution in [0.3, 0.4) is 0 Å². The van der Waals surface area contributed by atoms with E-state index in [2.05, 4.69) is 31.0 Å². The van der Waals surface area contributed by atoms with Crippen LogP contribution < -0.4 is 10.0 Å². The highest BCUT2D eigenvalue weighted by Gasteiger charge is 2.36. The standard InChI is InChI=1S/C14H14BrN3O3S2/c15-9-1-3-10(4-2-9)16-13(19)7-11-8-22-14(17-11)18-23(20,21)12-5-6-12/h1-4,8,12H,5-7H2,(H,16,19)(H,17,18). The van der Waals surface area contributed by atoms with Gasteiger partial charge in [0.25, 0.3) is 0 Å². The van der Waals surface area contributed by atoms with Crippen LogP contribution in [0.5, 0.6) is 0 Å². The van der Waals surface area contributed by atoms with E-state index >= 15 is 0 Å². The van der Waals surface area contributed by atoms with E-state index in [9.17, 15) is 13.2 Å². The zero-order valence-electron chi connectivity index (χ0n) is 12.0. The summed E-state index contributed by atoms with van der Waals surface area (Å²) in [7, 11) is -3.31. The van der Waals surface area contributed by atoms with Gasteiger partial charge in [0.05, 0.1) is 17.4 Å². The van der Waals surface area contributed by atoms with Crippen molar-refractivity contribution in [2.45, 2.75) is 24.5 Å². The molecule has 9 heteroatoms. The zero-order chi connectivity index (χ0) is 16.4. The van der Waals surface area contributed by atoms with Crippen molar-refractivity contribution in [1.82, 2.24) is 4.98 Å². The summed E-state index contributed by atoms with van der Waals surface area (Å²) < 4.78 is 27.1. The highest BCUT2D eigenvalue weighted by Crippen LogP contribution is 2.30. The molecule has 0 saturated heterocycles. The summed E-state index contributed by atoms with van der Waals surface area (Å²) in [5.74, 6) is -0.200. The number of carbonyl (C=O) groups excluding carboxylic acids is 1. The number of nitrogens with one attached hydrogen (secondary N) is 2. The van der Waals surface area contributed by atoms with E-state index in [1.807, 2.05) is 12.1 Å². The van der Waals surface area contributed by atoms with E-state index < -0.39 is 10.0 Å². The van der Waals surface area contributed by atoms with E-state index in [1.165, 1.54) is 11.3 Å². The number of hydrogen-bond acceptors (Lipinski definition) is 5. The molecule has 0 bridgehead atoms. The third-order valence-corrected chi connectivity index (χ3v) is 6.51. The van der Waals surface area contributed by atoms with Gasteiger partial charge in [0.2, 0.25) is 15.9 Å². The fraction of sp³-hybridized carbons (Fsp3) is 0.286. The third kappa shape index (κ3) is 4.52. The highest BCUT2D eigenvalue weighted by molar-refractivity contribution is 9.10. The summed E-state index contributed by atoms with van der Waals surface area (Å²) in [4.78, 5) is 16.1. The van der Waals surface area contributed by atoms with Crippen LogP contribution in [-0.2, 0) is 21.2 Å². The van der Waals surface area contributed by atoms with E-state index in [4.69, 9.17) is 0 Å². The number of halogens is 1. The molecule has 0 radical (unpaired) electrons. The molecule has 1 amide bonds. The molecule has 1 fully saturated rings. The van der Waals surface area contributed by atoms with Crippen molar-refractivity contribution in [3.8, 4) is 0 Å². The van der Waals surface area contributed by atoms with Crippen LogP contribution >= 0.6 is 27.3 Å². The Kier molecular flexibility index (Phi) is 4.69.